The molecule has 0 aliphatic rings. The van der Waals surface area contributed by atoms with E-state index in [1.807, 2.05) is 19.9 Å². The van der Waals surface area contributed by atoms with Gasteiger partial charge in [-0.15, -0.1) is 0 Å². The Labute approximate surface area is 121 Å². The van der Waals surface area contributed by atoms with E-state index in [1.165, 1.54) is 0 Å². The summed E-state index contributed by atoms with van der Waals surface area (Å²) in [4.78, 5) is 15.4. The first-order valence-corrected chi connectivity index (χ1v) is 6.49. The Morgan fingerprint density at radius 3 is 2.67 bits per heavy atom. The highest BCUT2D eigenvalue weighted by molar-refractivity contribution is 5.92. The highest BCUT2D eigenvalue weighted by Crippen LogP contribution is 2.07. The van der Waals surface area contributed by atoms with Crippen molar-refractivity contribution in [3.8, 4) is 0 Å². The molecule has 1 atom stereocenters. The number of nitrogens with zero attached hydrogens (tertiary/aromatic N) is 3. The third kappa shape index (κ3) is 3.62. The SMILES string of the molecule is Cc1cc(C)n(C[C@@H](C)NC(=O)c2ncc(F)cc2F)n1. The second kappa shape index (κ2) is 5.99. The third-order valence-electron chi connectivity index (χ3n) is 2.95. The largest absolute Gasteiger partial charge is 0.346 e. The molecule has 0 unspecified atom stereocenters. The quantitative estimate of drug-likeness (QED) is 0.938. The van der Waals surface area contributed by atoms with Gasteiger partial charge in [0.15, 0.2) is 11.5 Å². The molecule has 5 nitrogen and oxygen atoms in total. The van der Waals surface area contributed by atoms with E-state index in [0.29, 0.717) is 12.6 Å². The molecular weight excluding hydrogens is 278 g/mol. The fourth-order valence-corrected chi connectivity index (χ4v) is 2.04. The van der Waals surface area contributed by atoms with Gasteiger partial charge < -0.3 is 5.32 Å². The van der Waals surface area contributed by atoms with Gasteiger partial charge in [-0.3, -0.25) is 9.48 Å². The van der Waals surface area contributed by atoms with Crippen molar-refractivity contribution < 1.29 is 13.6 Å². The highest BCUT2D eigenvalue weighted by atomic mass is 19.1. The van der Waals surface area contributed by atoms with Crippen molar-refractivity contribution in [2.24, 2.45) is 0 Å². The lowest BCUT2D eigenvalue weighted by Crippen LogP contribution is -2.37. The van der Waals surface area contributed by atoms with Gasteiger partial charge in [-0.25, -0.2) is 13.8 Å². The van der Waals surface area contributed by atoms with Gasteiger partial charge in [-0.1, -0.05) is 0 Å². The first-order chi connectivity index (χ1) is 9.86. The summed E-state index contributed by atoms with van der Waals surface area (Å²) in [6.45, 7) is 6.02. The summed E-state index contributed by atoms with van der Waals surface area (Å²) in [7, 11) is 0. The van der Waals surface area contributed by atoms with Crippen LogP contribution in [0, 0.1) is 25.5 Å². The molecule has 0 spiro atoms. The van der Waals surface area contributed by atoms with E-state index in [2.05, 4.69) is 15.4 Å². The Bertz CT molecular complexity index is 669. The van der Waals surface area contributed by atoms with E-state index >= 15 is 0 Å². The summed E-state index contributed by atoms with van der Waals surface area (Å²) >= 11 is 0. The van der Waals surface area contributed by atoms with Gasteiger partial charge >= 0.3 is 0 Å². The van der Waals surface area contributed by atoms with Crippen LogP contribution in [0.5, 0.6) is 0 Å². The molecule has 0 aliphatic heterocycles. The van der Waals surface area contributed by atoms with Gasteiger partial charge in [0.1, 0.15) is 5.82 Å². The number of carbonyl (C=O) groups is 1. The fraction of sp³-hybridized carbons (Fsp3) is 0.357. The number of pyridine rings is 1. The number of amides is 1. The zero-order chi connectivity index (χ0) is 15.6. The van der Waals surface area contributed by atoms with Gasteiger partial charge in [0.25, 0.3) is 5.91 Å². The molecular formula is C14H16F2N4O. The number of carbonyl (C=O) groups excluding carboxylic acids is 1. The fourth-order valence-electron chi connectivity index (χ4n) is 2.04. The predicted molar refractivity (Wildman–Crippen MR) is 72.8 cm³/mol. The molecule has 2 rings (SSSR count). The summed E-state index contributed by atoms with van der Waals surface area (Å²) in [5.41, 5.74) is 1.44. The normalized spacial score (nSPS) is 12.2. The van der Waals surface area contributed by atoms with Crippen LogP contribution in [0.25, 0.3) is 0 Å². The van der Waals surface area contributed by atoms with Crippen LogP contribution in [0.3, 0.4) is 0 Å². The molecule has 0 fully saturated rings. The second-order valence-electron chi connectivity index (χ2n) is 4.97. The monoisotopic (exact) mass is 294 g/mol. The van der Waals surface area contributed by atoms with Crippen molar-refractivity contribution in [3.05, 3.63) is 47.0 Å². The number of hydrogen-bond donors (Lipinski definition) is 1. The van der Waals surface area contributed by atoms with Crippen LogP contribution in [-0.2, 0) is 6.54 Å². The van der Waals surface area contributed by atoms with E-state index < -0.39 is 23.2 Å². The number of halogens is 2. The lowest BCUT2D eigenvalue weighted by Gasteiger charge is -2.15. The smallest absolute Gasteiger partial charge is 0.273 e. The van der Waals surface area contributed by atoms with Crippen LogP contribution in [0.4, 0.5) is 8.78 Å². The molecule has 112 valence electrons. The lowest BCUT2D eigenvalue weighted by molar-refractivity contribution is 0.0926. The first kappa shape index (κ1) is 15.1. The van der Waals surface area contributed by atoms with E-state index in [-0.39, 0.29) is 6.04 Å². The van der Waals surface area contributed by atoms with E-state index in [0.717, 1.165) is 17.6 Å². The van der Waals surface area contributed by atoms with Crippen LogP contribution < -0.4 is 5.32 Å². The zero-order valence-electron chi connectivity index (χ0n) is 12.0. The minimum absolute atomic E-state index is 0.276. The third-order valence-corrected chi connectivity index (χ3v) is 2.95. The predicted octanol–water partition coefficient (Wildman–Crippen LogP) is 1.99. The molecule has 2 aromatic rings. The Hall–Kier alpha value is -2.31. The number of aromatic nitrogens is 3. The number of nitrogens with one attached hydrogen (secondary N) is 1. The molecule has 0 aromatic carbocycles. The summed E-state index contributed by atoms with van der Waals surface area (Å²) in [6, 6.07) is 2.28. The molecule has 7 heteroatoms. The van der Waals surface area contributed by atoms with Crippen molar-refractivity contribution in [1.29, 1.82) is 0 Å². The molecule has 21 heavy (non-hydrogen) atoms. The average Bonchev–Trinajstić information content (AvgIpc) is 2.67. The van der Waals surface area contributed by atoms with Crippen molar-refractivity contribution in [2.45, 2.75) is 33.4 Å². The van der Waals surface area contributed by atoms with Crippen LogP contribution in [-0.4, -0.2) is 26.7 Å². The maximum absolute atomic E-state index is 13.5. The minimum Gasteiger partial charge on any atom is -0.346 e. The molecule has 1 N–H and O–H groups in total. The lowest BCUT2D eigenvalue weighted by atomic mass is 10.2. The Kier molecular flexibility index (Phi) is 4.30. The Balaban J connectivity index is 2.03. The Morgan fingerprint density at radius 2 is 2.10 bits per heavy atom. The zero-order valence-corrected chi connectivity index (χ0v) is 12.0. The van der Waals surface area contributed by atoms with Crippen LogP contribution in [0.2, 0.25) is 0 Å². The summed E-state index contributed by atoms with van der Waals surface area (Å²) in [5, 5.41) is 6.90. The topological polar surface area (TPSA) is 59.8 Å². The van der Waals surface area contributed by atoms with Crippen molar-refractivity contribution in [2.75, 3.05) is 0 Å². The molecule has 0 bridgehead atoms. The number of hydrogen-bond acceptors (Lipinski definition) is 3. The van der Waals surface area contributed by atoms with Gasteiger partial charge in [0.05, 0.1) is 18.4 Å². The van der Waals surface area contributed by atoms with Crippen molar-refractivity contribution in [1.82, 2.24) is 20.1 Å². The standard InChI is InChI=1S/C14H16F2N4O/c1-8-4-10(3)20(19-8)7-9(2)18-14(21)13-12(16)5-11(15)6-17-13/h4-6,9H,7H2,1-3H3,(H,18,21)/t9-/m1/s1. The molecule has 0 radical (unpaired) electrons. The minimum atomic E-state index is -0.981. The van der Waals surface area contributed by atoms with Crippen LogP contribution in [0.15, 0.2) is 18.3 Å². The van der Waals surface area contributed by atoms with Crippen molar-refractivity contribution >= 4 is 5.91 Å². The highest BCUT2D eigenvalue weighted by Gasteiger charge is 2.17. The second-order valence-corrected chi connectivity index (χ2v) is 4.97. The molecule has 0 saturated carbocycles. The molecule has 2 heterocycles. The molecule has 0 aliphatic carbocycles. The number of rotatable bonds is 4. The molecule has 0 saturated heterocycles. The summed E-state index contributed by atoms with van der Waals surface area (Å²) < 4.78 is 28.0. The van der Waals surface area contributed by atoms with Crippen LogP contribution >= 0.6 is 0 Å². The van der Waals surface area contributed by atoms with Gasteiger partial charge in [0.2, 0.25) is 0 Å². The van der Waals surface area contributed by atoms with Crippen molar-refractivity contribution in [3.63, 3.8) is 0 Å². The molecule has 1 amide bonds. The van der Waals surface area contributed by atoms with E-state index in [9.17, 15) is 13.6 Å². The summed E-state index contributed by atoms with van der Waals surface area (Å²) in [5.74, 6) is -2.48. The first-order valence-electron chi connectivity index (χ1n) is 6.49. The van der Waals surface area contributed by atoms with Gasteiger partial charge in [-0.2, -0.15) is 5.10 Å². The average molecular weight is 294 g/mol. The van der Waals surface area contributed by atoms with E-state index in [1.54, 1.807) is 11.6 Å². The summed E-state index contributed by atoms with van der Waals surface area (Å²) in [6.07, 6.45) is 0.809. The van der Waals surface area contributed by atoms with Gasteiger partial charge in [0, 0.05) is 17.8 Å². The molecule has 2 aromatic heterocycles. The van der Waals surface area contributed by atoms with Gasteiger partial charge in [-0.05, 0) is 26.8 Å². The maximum Gasteiger partial charge on any atom is 0.273 e. The van der Waals surface area contributed by atoms with Crippen LogP contribution in [0.1, 0.15) is 28.8 Å². The Morgan fingerprint density at radius 1 is 1.38 bits per heavy atom. The number of aryl methyl sites for hydroxylation is 2. The van der Waals surface area contributed by atoms with E-state index in [4.69, 9.17) is 0 Å². The maximum atomic E-state index is 13.5.